The molecule has 1 fully saturated rings. The van der Waals surface area contributed by atoms with Crippen molar-refractivity contribution in [1.82, 2.24) is 4.98 Å². The van der Waals surface area contributed by atoms with E-state index in [9.17, 15) is 14.7 Å². The maximum absolute atomic E-state index is 12.5. The normalized spacial score (nSPS) is 20.5. The van der Waals surface area contributed by atoms with Gasteiger partial charge in [-0.2, -0.15) is 0 Å². The standard InChI is InChI=1S/C18H20N2O3S/c1-11-15(12-7-3-2-4-8-12)19-18(24-11)20-16(21)13-9-5-6-10-14(13)17(22)23/h2-4,7-8,13-14H,5-6,9-10H2,1H3,(H,22,23)(H,19,20,21)/p-1. The van der Waals surface area contributed by atoms with Crippen LogP contribution in [0.25, 0.3) is 11.3 Å². The Hall–Kier alpha value is -2.21. The van der Waals surface area contributed by atoms with Crippen LogP contribution < -0.4 is 10.4 Å². The number of anilines is 1. The van der Waals surface area contributed by atoms with Crippen LogP contribution in [-0.2, 0) is 9.59 Å². The molecule has 5 nitrogen and oxygen atoms in total. The van der Waals surface area contributed by atoms with Gasteiger partial charge in [-0.1, -0.05) is 43.2 Å². The van der Waals surface area contributed by atoms with Crippen LogP contribution in [-0.4, -0.2) is 16.9 Å². The van der Waals surface area contributed by atoms with Crippen LogP contribution in [0, 0.1) is 18.8 Å². The minimum Gasteiger partial charge on any atom is -0.550 e. The van der Waals surface area contributed by atoms with Crippen molar-refractivity contribution in [3.63, 3.8) is 0 Å². The molecule has 2 atom stereocenters. The van der Waals surface area contributed by atoms with E-state index in [1.807, 2.05) is 37.3 Å². The summed E-state index contributed by atoms with van der Waals surface area (Å²) >= 11 is 1.41. The Bertz CT molecular complexity index is 742. The molecular weight excluding hydrogens is 324 g/mol. The molecule has 0 radical (unpaired) electrons. The van der Waals surface area contributed by atoms with Crippen molar-refractivity contribution in [1.29, 1.82) is 0 Å². The topological polar surface area (TPSA) is 82.1 Å². The van der Waals surface area contributed by atoms with E-state index in [0.717, 1.165) is 29.0 Å². The summed E-state index contributed by atoms with van der Waals surface area (Å²) in [6.07, 6.45) is 2.79. The Morgan fingerprint density at radius 3 is 2.50 bits per heavy atom. The van der Waals surface area contributed by atoms with Gasteiger partial charge in [-0.05, 0) is 19.8 Å². The van der Waals surface area contributed by atoms with E-state index in [1.165, 1.54) is 11.3 Å². The summed E-state index contributed by atoms with van der Waals surface area (Å²) in [5, 5.41) is 14.6. The van der Waals surface area contributed by atoms with E-state index >= 15 is 0 Å². The lowest BCUT2D eigenvalue weighted by Gasteiger charge is -2.30. The molecule has 0 spiro atoms. The van der Waals surface area contributed by atoms with Crippen molar-refractivity contribution < 1.29 is 14.7 Å². The van der Waals surface area contributed by atoms with Gasteiger partial charge < -0.3 is 15.2 Å². The molecule has 126 valence electrons. The van der Waals surface area contributed by atoms with Crippen LogP contribution >= 0.6 is 11.3 Å². The summed E-state index contributed by atoms with van der Waals surface area (Å²) in [6, 6.07) is 9.77. The van der Waals surface area contributed by atoms with E-state index in [1.54, 1.807) is 0 Å². The summed E-state index contributed by atoms with van der Waals surface area (Å²) < 4.78 is 0. The average Bonchev–Trinajstić information content (AvgIpc) is 2.96. The SMILES string of the molecule is Cc1sc(NC(=O)C2CCCCC2C(=O)[O-])nc1-c1ccccc1. The van der Waals surface area contributed by atoms with Crippen LogP contribution in [0.5, 0.6) is 0 Å². The monoisotopic (exact) mass is 343 g/mol. The third kappa shape index (κ3) is 3.48. The largest absolute Gasteiger partial charge is 0.550 e. The first kappa shape index (κ1) is 16.6. The minimum atomic E-state index is -1.13. The number of carboxylic acid groups (broad SMARTS) is 1. The molecule has 0 saturated heterocycles. The number of amides is 1. The van der Waals surface area contributed by atoms with Gasteiger partial charge in [0, 0.05) is 28.2 Å². The van der Waals surface area contributed by atoms with Gasteiger partial charge in [0.25, 0.3) is 0 Å². The maximum Gasteiger partial charge on any atom is 0.229 e. The van der Waals surface area contributed by atoms with Gasteiger partial charge in [0.15, 0.2) is 5.13 Å². The molecule has 1 aliphatic carbocycles. The summed E-state index contributed by atoms with van der Waals surface area (Å²) in [6.45, 7) is 1.96. The number of aliphatic carboxylic acids is 1. The lowest BCUT2D eigenvalue weighted by molar-refractivity contribution is -0.313. The van der Waals surface area contributed by atoms with E-state index in [-0.39, 0.29) is 5.91 Å². The second kappa shape index (κ2) is 7.13. The Kier molecular flexibility index (Phi) is 4.94. The van der Waals surface area contributed by atoms with E-state index < -0.39 is 17.8 Å². The highest BCUT2D eigenvalue weighted by Gasteiger charge is 2.32. The molecule has 2 aromatic rings. The lowest BCUT2D eigenvalue weighted by Crippen LogP contribution is -2.42. The van der Waals surface area contributed by atoms with Crippen LogP contribution in [0.3, 0.4) is 0 Å². The van der Waals surface area contributed by atoms with Crippen LogP contribution in [0.1, 0.15) is 30.6 Å². The Balaban J connectivity index is 1.76. The van der Waals surface area contributed by atoms with Gasteiger partial charge in [0.2, 0.25) is 5.91 Å². The second-order valence-corrected chi connectivity index (χ2v) is 7.30. The van der Waals surface area contributed by atoms with E-state index in [2.05, 4.69) is 10.3 Å². The zero-order valence-electron chi connectivity index (χ0n) is 13.5. The van der Waals surface area contributed by atoms with E-state index in [4.69, 9.17) is 0 Å². The van der Waals surface area contributed by atoms with Crippen LogP contribution in [0.2, 0.25) is 0 Å². The predicted molar refractivity (Wildman–Crippen MR) is 91.4 cm³/mol. The van der Waals surface area contributed by atoms with Crippen molar-refractivity contribution in [3.05, 3.63) is 35.2 Å². The number of aromatic nitrogens is 1. The number of thiazole rings is 1. The highest BCUT2D eigenvalue weighted by molar-refractivity contribution is 7.16. The number of nitrogens with zero attached hydrogens (tertiary/aromatic N) is 1. The quantitative estimate of drug-likeness (QED) is 0.925. The first-order chi connectivity index (χ1) is 11.6. The Morgan fingerprint density at radius 1 is 1.17 bits per heavy atom. The van der Waals surface area contributed by atoms with Gasteiger partial charge in [-0.15, -0.1) is 11.3 Å². The zero-order valence-corrected chi connectivity index (χ0v) is 14.3. The molecular formula is C18H19N2O3S-. The van der Waals surface area contributed by atoms with Gasteiger partial charge in [0.05, 0.1) is 5.69 Å². The fourth-order valence-corrected chi connectivity index (χ4v) is 4.08. The fourth-order valence-electron chi connectivity index (χ4n) is 3.24. The third-order valence-electron chi connectivity index (χ3n) is 4.48. The van der Waals surface area contributed by atoms with Gasteiger partial charge in [-0.3, -0.25) is 4.79 Å². The average molecular weight is 343 g/mol. The second-order valence-electron chi connectivity index (χ2n) is 6.10. The number of carbonyl (C=O) groups excluding carboxylic acids is 2. The summed E-state index contributed by atoms with van der Waals surface area (Å²) in [4.78, 5) is 29.3. The highest BCUT2D eigenvalue weighted by atomic mass is 32.1. The number of hydrogen-bond donors (Lipinski definition) is 1. The first-order valence-corrected chi connectivity index (χ1v) is 8.92. The Labute approximate surface area is 144 Å². The molecule has 6 heteroatoms. The zero-order chi connectivity index (χ0) is 17.1. The molecule has 1 N–H and O–H groups in total. The molecule has 1 amide bonds. The molecule has 1 saturated carbocycles. The maximum atomic E-state index is 12.5. The van der Waals surface area contributed by atoms with Gasteiger partial charge >= 0.3 is 0 Å². The van der Waals surface area contributed by atoms with Crippen LogP contribution in [0.4, 0.5) is 5.13 Å². The number of benzene rings is 1. The number of rotatable bonds is 4. The molecule has 0 bridgehead atoms. The molecule has 1 aliphatic rings. The fraction of sp³-hybridized carbons (Fsp3) is 0.389. The Morgan fingerprint density at radius 2 is 1.83 bits per heavy atom. The third-order valence-corrected chi connectivity index (χ3v) is 5.37. The molecule has 0 aliphatic heterocycles. The van der Waals surface area contributed by atoms with Crippen molar-refractivity contribution in [2.75, 3.05) is 5.32 Å². The number of nitrogens with one attached hydrogen (secondary N) is 1. The summed E-state index contributed by atoms with van der Waals surface area (Å²) in [5.41, 5.74) is 1.84. The molecule has 1 aromatic carbocycles. The summed E-state index contributed by atoms with van der Waals surface area (Å²) in [5.74, 6) is -2.63. The van der Waals surface area contributed by atoms with Gasteiger partial charge in [-0.25, -0.2) is 4.98 Å². The number of hydrogen-bond acceptors (Lipinski definition) is 5. The highest BCUT2D eigenvalue weighted by Crippen LogP contribution is 2.33. The van der Waals surface area contributed by atoms with Crippen LogP contribution in [0.15, 0.2) is 30.3 Å². The van der Waals surface area contributed by atoms with Gasteiger partial charge in [0.1, 0.15) is 0 Å². The van der Waals surface area contributed by atoms with Crippen molar-refractivity contribution >= 4 is 28.3 Å². The number of carbonyl (C=O) groups is 2. The smallest absolute Gasteiger partial charge is 0.229 e. The molecule has 2 unspecified atom stereocenters. The molecule has 1 aromatic heterocycles. The van der Waals surface area contributed by atoms with Crippen molar-refractivity contribution in [2.45, 2.75) is 32.6 Å². The predicted octanol–water partition coefficient (Wildman–Crippen LogP) is 2.61. The number of aryl methyl sites for hydroxylation is 1. The number of carboxylic acids is 1. The minimum absolute atomic E-state index is 0.266. The van der Waals surface area contributed by atoms with Crippen molar-refractivity contribution in [3.8, 4) is 11.3 Å². The van der Waals surface area contributed by atoms with Crippen molar-refractivity contribution in [2.24, 2.45) is 11.8 Å². The van der Waals surface area contributed by atoms with E-state index in [0.29, 0.717) is 18.0 Å². The molecule has 3 rings (SSSR count). The first-order valence-electron chi connectivity index (χ1n) is 8.11. The summed E-state index contributed by atoms with van der Waals surface area (Å²) in [7, 11) is 0. The molecule has 24 heavy (non-hydrogen) atoms. The molecule has 1 heterocycles. The lowest BCUT2D eigenvalue weighted by atomic mass is 9.79.